The van der Waals surface area contributed by atoms with Gasteiger partial charge in [-0.25, -0.2) is 13.2 Å². The zero-order chi connectivity index (χ0) is 14.5. The van der Waals surface area contributed by atoms with Crippen LogP contribution >= 0.6 is 0 Å². The first-order chi connectivity index (χ1) is 9.61. The highest BCUT2D eigenvalue weighted by molar-refractivity contribution is 5.48. The van der Waals surface area contributed by atoms with Gasteiger partial charge >= 0.3 is 0 Å². The summed E-state index contributed by atoms with van der Waals surface area (Å²) in [5.74, 6) is -3.04. The minimum Gasteiger partial charge on any atom is -0.372 e. The molecule has 1 unspecified atom stereocenters. The molecule has 1 atom stereocenters. The molecule has 0 bridgehead atoms. The molecule has 1 N–H and O–H groups in total. The Balaban J connectivity index is 2.33. The van der Waals surface area contributed by atoms with Crippen molar-refractivity contribution in [2.75, 3.05) is 5.32 Å². The summed E-state index contributed by atoms with van der Waals surface area (Å²) in [4.78, 5) is 0. The Labute approximate surface area is 114 Å². The maximum atomic E-state index is 13.6. The normalized spacial score (nSPS) is 11.7. The first kappa shape index (κ1) is 13.9. The molecule has 2 rings (SSSR count). The zero-order valence-corrected chi connectivity index (χ0v) is 10.4. The lowest BCUT2D eigenvalue weighted by Gasteiger charge is -2.18. The Morgan fingerprint density at radius 1 is 1.05 bits per heavy atom. The number of nitrogens with one attached hydrogen (secondary N) is 1. The smallest absolute Gasteiger partial charge is 0.152 e. The topological polar surface area (TPSA) is 35.8 Å². The molecule has 2 aromatic carbocycles. The third-order valence-corrected chi connectivity index (χ3v) is 2.82. The Morgan fingerprint density at radius 3 is 2.20 bits per heavy atom. The lowest BCUT2D eigenvalue weighted by atomic mass is 10.0. The van der Waals surface area contributed by atoms with Crippen molar-refractivity contribution < 1.29 is 13.2 Å². The fourth-order valence-corrected chi connectivity index (χ4v) is 1.88. The highest BCUT2D eigenvalue weighted by Crippen LogP contribution is 2.27. The monoisotopic (exact) mass is 276 g/mol. The van der Waals surface area contributed by atoms with Crippen molar-refractivity contribution in [2.24, 2.45) is 0 Å². The van der Waals surface area contributed by atoms with Crippen LogP contribution in [0.15, 0.2) is 42.5 Å². The van der Waals surface area contributed by atoms with Gasteiger partial charge in [0.1, 0.15) is 11.5 Å². The van der Waals surface area contributed by atoms with Gasteiger partial charge in [0.25, 0.3) is 0 Å². The van der Waals surface area contributed by atoms with Crippen LogP contribution in [-0.4, -0.2) is 0 Å². The number of nitriles is 1. The van der Waals surface area contributed by atoms with E-state index < -0.39 is 29.2 Å². The van der Waals surface area contributed by atoms with Gasteiger partial charge in [-0.1, -0.05) is 30.3 Å². The highest BCUT2D eigenvalue weighted by Gasteiger charge is 2.17. The number of rotatable bonds is 4. The molecule has 2 nitrogen and oxygen atoms in total. The molecular formula is C15H11F3N2. The van der Waals surface area contributed by atoms with E-state index in [-0.39, 0.29) is 6.42 Å². The van der Waals surface area contributed by atoms with Gasteiger partial charge in [-0.2, -0.15) is 5.26 Å². The van der Waals surface area contributed by atoms with Gasteiger partial charge in [-0.3, -0.25) is 0 Å². The maximum absolute atomic E-state index is 13.6. The van der Waals surface area contributed by atoms with E-state index in [9.17, 15) is 13.2 Å². The van der Waals surface area contributed by atoms with Gasteiger partial charge in [0.15, 0.2) is 11.6 Å². The molecule has 20 heavy (non-hydrogen) atoms. The second-order valence-electron chi connectivity index (χ2n) is 4.21. The molecule has 2 aromatic rings. The Hall–Kier alpha value is -2.48. The summed E-state index contributed by atoms with van der Waals surface area (Å²) in [5.41, 5.74) is 0.285. The van der Waals surface area contributed by atoms with Crippen LogP contribution in [-0.2, 0) is 0 Å². The maximum Gasteiger partial charge on any atom is 0.152 e. The Bertz CT molecular complexity index is 612. The van der Waals surface area contributed by atoms with Crippen molar-refractivity contribution in [3.8, 4) is 6.07 Å². The van der Waals surface area contributed by atoms with Gasteiger partial charge in [0.2, 0.25) is 0 Å². The van der Waals surface area contributed by atoms with E-state index in [2.05, 4.69) is 5.32 Å². The number of nitrogens with zero attached hydrogens (tertiary/aromatic N) is 1. The molecule has 0 heterocycles. The molecular weight excluding hydrogens is 265 g/mol. The third-order valence-electron chi connectivity index (χ3n) is 2.82. The van der Waals surface area contributed by atoms with Crippen molar-refractivity contribution in [3.05, 3.63) is 65.5 Å². The van der Waals surface area contributed by atoms with E-state index >= 15 is 0 Å². The van der Waals surface area contributed by atoms with Crippen LogP contribution in [0.2, 0.25) is 0 Å². The van der Waals surface area contributed by atoms with Crippen LogP contribution in [0.25, 0.3) is 0 Å². The molecule has 0 spiro atoms. The number of halogens is 3. The van der Waals surface area contributed by atoms with Gasteiger partial charge < -0.3 is 5.32 Å². The summed E-state index contributed by atoms with van der Waals surface area (Å²) >= 11 is 0. The minimum absolute atomic E-state index is 0.0280. The molecule has 102 valence electrons. The third kappa shape index (κ3) is 3.09. The van der Waals surface area contributed by atoms with E-state index in [1.165, 1.54) is 0 Å². The average Bonchev–Trinajstić information content (AvgIpc) is 2.42. The molecule has 0 amide bonds. The largest absolute Gasteiger partial charge is 0.372 e. The van der Waals surface area contributed by atoms with Crippen molar-refractivity contribution in [1.82, 2.24) is 0 Å². The van der Waals surface area contributed by atoms with Gasteiger partial charge in [-0.05, 0) is 5.56 Å². The van der Waals surface area contributed by atoms with Crippen LogP contribution in [0, 0.1) is 28.8 Å². The first-order valence-corrected chi connectivity index (χ1v) is 5.95. The highest BCUT2D eigenvalue weighted by atomic mass is 19.1. The molecule has 0 saturated carbocycles. The second kappa shape index (κ2) is 6.11. The van der Waals surface area contributed by atoms with Gasteiger partial charge in [0, 0.05) is 12.1 Å². The predicted octanol–water partition coefficient (Wildman–Crippen LogP) is 4.17. The van der Waals surface area contributed by atoms with E-state index in [1.807, 2.05) is 6.07 Å². The van der Waals surface area contributed by atoms with Crippen LogP contribution in [0.5, 0.6) is 0 Å². The van der Waals surface area contributed by atoms with E-state index in [0.29, 0.717) is 12.1 Å². The number of hydrogen-bond acceptors (Lipinski definition) is 2. The molecule has 0 aliphatic heterocycles. The predicted molar refractivity (Wildman–Crippen MR) is 69.4 cm³/mol. The molecule has 5 heteroatoms. The van der Waals surface area contributed by atoms with Crippen LogP contribution < -0.4 is 5.32 Å². The lowest BCUT2D eigenvalue weighted by molar-refractivity contribution is 0.544. The summed E-state index contributed by atoms with van der Waals surface area (Å²) in [6, 6.07) is 11.4. The molecule has 0 fully saturated rings. The van der Waals surface area contributed by atoms with Crippen LogP contribution in [0.4, 0.5) is 18.9 Å². The van der Waals surface area contributed by atoms with Crippen molar-refractivity contribution in [3.63, 3.8) is 0 Å². The molecule has 0 saturated heterocycles. The number of benzene rings is 2. The lowest BCUT2D eigenvalue weighted by Crippen LogP contribution is -2.12. The van der Waals surface area contributed by atoms with E-state index in [0.717, 1.165) is 5.56 Å². The van der Waals surface area contributed by atoms with Crippen molar-refractivity contribution >= 4 is 5.69 Å². The molecule has 0 aliphatic carbocycles. The number of hydrogen-bond donors (Lipinski definition) is 1. The fraction of sp³-hybridized carbons (Fsp3) is 0.133. The quantitative estimate of drug-likeness (QED) is 0.909. The fourth-order valence-electron chi connectivity index (χ4n) is 1.88. The van der Waals surface area contributed by atoms with Crippen molar-refractivity contribution in [2.45, 2.75) is 12.5 Å². The SMILES string of the molecule is N#CCC(Nc1c(F)cc(F)cc1F)c1ccccc1. The summed E-state index contributed by atoms with van der Waals surface area (Å²) in [7, 11) is 0. The zero-order valence-electron chi connectivity index (χ0n) is 10.4. The van der Waals surface area contributed by atoms with Crippen molar-refractivity contribution in [1.29, 1.82) is 5.26 Å². The van der Waals surface area contributed by atoms with E-state index in [4.69, 9.17) is 5.26 Å². The Kier molecular flexibility index (Phi) is 4.26. The van der Waals surface area contributed by atoms with Crippen LogP contribution in [0.1, 0.15) is 18.0 Å². The summed E-state index contributed by atoms with van der Waals surface area (Å²) < 4.78 is 40.1. The minimum atomic E-state index is -1.03. The number of anilines is 1. The summed E-state index contributed by atoms with van der Waals surface area (Å²) in [6.07, 6.45) is 0.0280. The average molecular weight is 276 g/mol. The molecule has 0 radical (unpaired) electrons. The van der Waals surface area contributed by atoms with Crippen LogP contribution in [0.3, 0.4) is 0 Å². The standard InChI is InChI=1S/C15H11F3N2/c16-11-8-12(17)15(13(18)9-11)20-14(6-7-19)10-4-2-1-3-5-10/h1-5,8-9,14,20H,6H2. The summed E-state index contributed by atoms with van der Waals surface area (Å²) in [6.45, 7) is 0. The molecule has 0 aliphatic rings. The first-order valence-electron chi connectivity index (χ1n) is 5.95. The van der Waals surface area contributed by atoms with Gasteiger partial charge in [0.05, 0.1) is 18.5 Å². The summed E-state index contributed by atoms with van der Waals surface area (Å²) in [5, 5.41) is 11.4. The van der Waals surface area contributed by atoms with E-state index in [1.54, 1.807) is 30.3 Å². The Morgan fingerprint density at radius 2 is 1.65 bits per heavy atom. The molecule has 0 aromatic heterocycles. The van der Waals surface area contributed by atoms with Gasteiger partial charge in [-0.15, -0.1) is 0 Å². The second-order valence-corrected chi connectivity index (χ2v) is 4.21.